The molecule has 5 heteroatoms. The van der Waals surface area contributed by atoms with Crippen molar-refractivity contribution in [1.82, 2.24) is 9.13 Å². The second-order valence-corrected chi connectivity index (χ2v) is 6.43. The van der Waals surface area contributed by atoms with Crippen molar-refractivity contribution in [3.05, 3.63) is 0 Å². The molecule has 0 aliphatic heterocycles. The fraction of sp³-hybridized carbons (Fsp3) is 1.00. The first kappa shape index (κ1) is 13.1. The van der Waals surface area contributed by atoms with Gasteiger partial charge in [0.2, 0.25) is 0 Å². The molecule has 0 radical (unpaired) electrons. The molecule has 0 spiro atoms. The molecular formula is C8H22N2O2Si. The molecule has 0 heterocycles. The molecule has 0 aromatic rings. The van der Waals surface area contributed by atoms with Gasteiger partial charge in [-0.15, -0.1) is 0 Å². The molecule has 0 fully saturated rings. The van der Waals surface area contributed by atoms with Crippen LogP contribution in [0, 0.1) is 0 Å². The Labute approximate surface area is 82.8 Å². The summed E-state index contributed by atoms with van der Waals surface area (Å²) < 4.78 is 15.4. The van der Waals surface area contributed by atoms with Crippen molar-refractivity contribution in [3.63, 3.8) is 0 Å². The zero-order chi connectivity index (χ0) is 10.5. The van der Waals surface area contributed by atoms with E-state index in [0.717, 1.165) is 13.1 Å². The Kier molecular flexibility index (Phi) is 5.74. The van der Waals surface area contributed by atoms with Crippen molar-refractivity contribution < 1.29 is 8.85 Å². The summed E-state index contributed by atoms with van der Waals surface area (Å²) in [5.74, 6) is 0. The summed E-state index contributed by atoms with van der Waals surface area (Å²) in [6, 6.07) is 0. The van der Waals surface area contributed by atoms with E-state index in [0.29, 0.717) is 0 Å². The molecule has 13 heavy (non-hydrogen) atoms. The third-order valence-electron chi connectivity index (χ3n) is 2.45. The minimum absolute atomic E-state index is 0.929. The lowest BCUT2D eigenvalue weighted by molar-refractivity contribution is 0.118. The van der Waals surface area contributed by atoms with Crippen molar-refractivity contribution >= 4 is 8.88 Å². The Morgan fingerprint density at radius 1 is 0.923 bits per heavy atom. The highest BCUT2D eigenvalue weighted by atomic mass is 28.4. The summed E-state index contributed by atoms with van der Waals surface area (Å²) in [4.78, 5) is 0. The highest BCUT2D eigenvalue weighted by molar-refractivity contribution is 6.61. The molecule has 0 saturated heterocycles. The van der Waals surface area contributed by atoms with Gasteiger partial charge in [0.15, 0.2) is 0 Å². The molecular weight excluding hydrogens is 184 g/mol. The van der Waals surface area contributed by atoms with Crippen molar-refractivity contribution in [2.24, 2.45) is 0 Å². The van der Waals surface area contributed by atoms with E-state index >= 15 is 0 Å². The maximum absolute atomic E-state index is 5.56. The molecule has 0 aliphatic carbocycles. The van der Waals surface area contributed by atoms with Gasteiger partial charge in [0, 0.05) is 14.2 Å². The Morgan fingerprint density at radius 3 is 1.38 bits per heavy atom. The summed E-state index contributed by atoms with van der Waals surface area (Å²) >= 11 is 0. The highest BCUT2D eigenvalue weighted by Crippen LogP contribution is 2.13. The van der Waals surface area contributed by atoms with Crippen LogP contribution in [0.4, 0.5) is 0 Å². The topological polar surface area (TPSA) is 24.9 Å². The molecule has 0 bridgehead atoms. The van der Waals surface area contributed by atoms with Crippen LogP contribution in [-0.4, -0.2) is 59.4 Å². The summed E-state index contributed by atoms with van der Waals surface area (Å²) in [6.07, 6.45) is 0. The second kappa shape index (κ2) is 5.72. The Hall–Kier alpha value is 0.0569. The largest absolute Gasteiger partial charge is 0.521 e. The van der Waals surface area contributed by atoms with Crippen LogP contribution in [0.3, 0.4) is 0 Å². The average Bonchev–Trinajstić information content (AvgIpc) is 2.19. The van der Waals surface area contributed by atoms with E-state index in [9.17, 15) is 0 Å². The molecule has 80 valence electrons. The molecule has 0 aromatic heterocycles. The quantitative estimate of drug-likeness (QED) is 0.595. The first-order chi connectivity index (χ1) is 6.08. The van der Waals surface area contributed by atoms with Crippen molar-refractivity contribution in [3.8, 4) is 0 Å². The molecule has 0 saturated carbocycles. The van der Waals surface area contributed by atoms with E-state index in [1.807, 2.05) is 14.1 Å². The van der Waals surface area contributed by atoms with Crippen LogP contribution >= 0.6 is 0 Å². The smallest absolute Gasteiger partial charge is 0.374 e. The number of nitrogens with zero attached hydrogens (tertiary/aromatic N) is 2. The van der Waals surface area contributed by atoms with E-state index < -0.39 is 8.88 Å². The monoisotopic (exact) mass is 206 g/mol. The predicted octanol–water partition coefficient (Wildman–Crippen LogP) is 0.618. The molecule has 0 amide bonds. The molecule has 0 aliphatic rings. The first-order valence-corrected chi connectivity index (χ1v) is 6.32. The summed E-state index contributed by atoms with van der Waals surface area (Å²) in [5.41, 5.74) is 0. The maximum Gasteiger partial charge on any atom is 0.521 e. The Morgan fingerprint density at radius 2 is 1.23 bits per heavy atom. The van der Waals surface area contributed by atoms with Gasteiger partial charge in [-0.05, 0) is 27.2 Å². The Balaban J connectivity index is 4.67. The molecule has 0 N–H and O–H groups in total. The summed E-state index contributed by atoms with van der Waals surface area (Å²) in [6.45, 7) is 6.06. The van der Waals surface area contributed by atoms with E-state index in [2.05, 4.69) is 23.0 Å². The lowest BCUT2D eigenvalue weighted by atomic mass is 10.8. The predicted molar refractivity (Wildman–Crippen MR) is 56.4 cm³/mol. The maximum atomic E-state index is 5.56. The zero-order valence-electron chi connectivity index (χ0n) is 9.63. The molecule has 0 aromatic carbocycles. The van der Waals surface area contributed by atoms with Gasteiger partial charge in [-0.2, -0.15) is 0 Å². The number of rotatable bonds is 6. The van der Waals surface area contributed by atoms with E-state index in [-0.39, 0.29) is 0 Å². The number of hydrogen-bond acceptors (Lipinski definition) is 4. The molecule has 4 nitrogen and oxygen atoms in total. The molecule has 0 atom stereocenters. The lowest BCUT2D eigenvalue weighted by Gasteiger charge is -2.39. The molecule has 0 rings (SSSR count). The van der Waals surface area contributed by atoms with Crippen LogP contribution in [0.25, 0.3) is 0 Å². The minimum atomic E-state index is -2.28. The van der Waals surface area contributed by atoms with Crippen molar-refractivity contribution in [1.29, 1.82) is 0 Å². The van der Waals surface area contributed by atoms with Gasteiger partial charge in [-0.3, -0.25) is 9.13 Å². The second-order valence-electron chi connectivity index (χ2n) is 2.99. The highest BCUT2D eigenvalue weighted by Gasteiger charge is 2.45. The Bertz CT molecular complexity index is 130. The van der Waals surface area contributed by atoms with Crippen LogP contribution in [-0.2, 0) is 8.85 Å². The van der Waals surface area contributed by atoms with E-state index in [4.69, 9.17) is 8.85 Å². The van der Waals surface area contributed by atoms with Gasteiger partial charge in [-0.1, -0.05) is 13.8 Å². The SMILES string of the molecule is CCN(C)[Si](OC)(OC)N(C)CC. The van der Waals surface area contributed by atoms with Crippen molar-refractivity contribution in [2.45, 2.75) is 13.8 Å². The van der Waals surface area contributed by atoms with Gasteiger partial charge >= 0.3 is 8.88 Å². The van der Waals surface area contributed by atoms with Crippen LogP contribution in [0.5, 0.6) is 0 Å². The standard InChI is InChI=1S/C8H22N2O2Si/c1-7-9(3)13(11-5,12-6)10(4)8-2/h7-8H2,1-6H3. The average molecular weight is 206 g/mol. The minimum Gasteiger partial charge on any atom is -0.374 e. The fourth-order valence-corrected chi connectivity index (χ4v) is 4.19. The first-order valence-electron chi connectivity index (χ1n) is 4.61. The number of hydrogen-bond donors (Lipinski definition) is 0. The summed E-state index contributed by atoms with van der Waals surface area (Å²) in [5, 5.41) is 0. The normalized spacial score (nSPS) is 12.9. The van der Waals surface area contributed by atoms with Gasteiger partial charge < -0.3 is 8.85 Å². The van der Waals surface area contributed by atoms with Crippen LogP contribution in [0.1, 0.15) is 13.8 Å². The zero-order valence-corrected chi connectivity index (χ0v) is 10.6. The van der Waals surface area contributed by atoms with Gasteiger partial charge in [0.1, 0.15) is 0 Å². The van der Waals surface area contributed by atoms with Gasteiger partial charge in [0.05, 0.1) is 0 Å². The van der Waals surface area contributed by atoms with E-state index in [1.165, 1.54) is 0 Å². The van der Waals surface area contributed by atoms with Gasteiger partial charge in [-0.25, -0.2) is 0 Å². The fourth-order valence-electron chi connectivity index (χ4n) is 1.40. The van der Waals surface area contributed by atoms with Crippen LogP contribution in [0.15, 0.2) is 0 Å². The molecule has 0 unspecified atom stereocenters. The summed E-state index contributed by atoms with van der Waals surface area (Å²) in [7, 11) is 5.22. The van der Waals surface area contributed by atoms with Gasteiger partial charge in [0.25, 0.3) is 0 Å². The third-order valence-corrected chi connectivity index (χ3v) is 6.07. The van der Waals surface area contributed by atoms with Crippen LogP contribution in [0.2, 0.25) is 0 Å². The van der Waals surface area contributed by atoms with Crippen molar-refractivity contribution in [2.75, 3.05) is 41.4 Å². The van der Waals surface area contributed by atoms with E-state index in [1.54, 1.807) is 14.2 Å². The third kappa shape index (κ3) is 2.51. The van der Waals surface area contributed by atoms with Crippen LogP contribution < -0.4 is 0 Å². The lowest BCUT2D eigenvalue weighted by Crippen LogP contribution is -2.66.